The minimum absolute atomic E-state index is 0.101. The predicted molar refractivity (Wildman–Crippen MR) is 55.7 cm³/mol. The second-order valence-corrected chi connectivity index (χ2v) is 4.15. The van der Waals surface area contributed by atoms with Crippen LogP contribution < -0.4 is 0 Å². The summed E-state index contributed by atoms with van der Waals surface area (Å²) in [4.78, 5) is 1.81. The van der Waals surface area contributed by atoms with Gasteiger partial charge in [0.15, 0.2) is 0 Å². The molecule has 0 N–H and O–H groups in total. The second kappa shape index (κ2) is 7.68. The third-order valence-corrected chi connectivity index (χ3v) is 2.42. The van der Waals surface area contributed by atoms with Crippen molar-refractivity contribution in [1.82, 2.24) is 4.90 Å². The molecule has 0 bridgehead atoms. The quantitative estimate of drug-likeness (QED) is 0.634. The van der Waals surface area contributed by atoms with Gasteiger partial charge in [-0.1, -0.05) is 36.2 Å². The lowest BCUT2D eigenvalue weighted by atomic mass is 10.1. The fraction of sp³-hybridized carbons (Fsp3) is 1.00. The summed E-state index contributed by atoms with van der Waals surface area (Å²) < 4.78 is 24.2. The highest BCUT2D eigenvalue weighted by atomic mass is 79.9. The fourth-order valence-electron chi connectivity index (χ4n) is 1.14. The smallest absolute Gasteiger partial charge is 0.251 e. The number of hydrogen-bond acceptors (Lipinski definition) is 1. The highest BCUT2D eigenvalue weighted by Crippen LogP contribution is 2.07. The van der Waals surface area contributed by atoms with Gasteiger partial charge in [0, 0.05) is 18.4 Å². The van der Waals surface area contributed by atoms with Crippen LogP contribution in [-0.2, 0) is 0 Å². The molecule has 0 radical (unpaired) electrons. The van der Waals surface area contributed by atoms with Gasteiger partial charge < -0.3 is 0 Å². The monoisotopic (exact) mass is 257 g/mol. The summed E-state index contributed by atoms with van der Waals surface area (Å²) in [6, 6.07) is 0. The Morgan fingerprint density at radius 1 is 1.31 bits per heavy atom. The lowest BCUT2D eigenvalue weighted by Crippen LogP contribution is -2.34. The number of hydrogen-bond donors (Lipinski definition) is 0. The van der Waals surface area contributed by atoms with Crippen LogP contribution in [0, 0.1) is 5.92 Å². The molecular formula is C9H18BrF2N. The van der Waals surface area contributed by atoms with E-state index < -0.39 is 6.43 Å². The van der Waals surface area contributed by atoms with E-state index in [1.807, 2.05) is 4.90 Å². The highest BCUT2D eigenvalue weighted by molar-refractivity contribution is 9.09. The molecule has 0 spiro atoms. The van der Waals surface area contributed by atoms with E-state index in [0.717, 1.165) is 18.3 Å². The van der Waals surface area contributed by atoms with Crippen molar-refractivity contribution >= 4 is 15.9 Å². The molecule has 0 saturated carbocycles. The molecule has 0 aromatic heterocycles. The van der Waals surface area contributed by atoms with E-state index in [4.69, 9.17) is 0 Å². The van der Waals surface area contributed by atoms with Crippen LogP contribution in [-0.4, -0.2) is 36.3 Å². The average Bonchev–Trinajstić information content (AvgIpc) is 2.03. The molecule has 0 aromatic rings. The molecular weight excluding hydrogens is 240 g/mol. The van der Waals surface area contributed by atoms with Gasteiger partial charge >= 0.3 is 0 Å². The van der Waals surface area contributed by atoms with E-state index in [2.05, 4.69) is 29.8 Å². The molecule has 0 aliphatic heterocycles. The third kappa shape index (κ3) is 7.38. The summed E-state index contributed by atoms with van der Waals surface area (Å²) in [6.45, 7) is 5.54. The first-order valence-electron chi connectivity index (χ1n) is 4.66. The van der Waals surface area contributed by atoms with E-state index in [-0.39, 0.29) is 6.54 Å². The minimum Gasteiger partial charge on any atom is -0.297 e. The van der Waals surface area contributed by atoms with Crippen molar-refractivity contribution in [2.45, 2.75) is 26.7 Å². The zero-order valence-electron chi connectivity index (χ0n) is 8.27. The van der Waals surface area contributed by atoms with Gasteiger partial charge in [-0.3, -0.25) is 4.90 Å². The van der Waals surface area contributed by atoms with Gasteiger partial charge in [-0.25, -0.2) is 8.78 Å². The van der Waals surface area contributed by atoms with Crippen molar-refractivity contribution in [3.8, 4) is 0 Å². The van der Waals surface area contributed by atoms with Crippen LogP contribution >= 0.6 is 15.9 Å². The maximum atomic E-state index is 12.1. The zero-order valence-corrected chi connectivity index (χ0v) is 9.86. The molecule has 4 heteroatoms. The minimum atomic E-state index is -2.22. The Morgan fingerprint density at radius 2 is 1.92 bits per heavy atom. The molecule has 0 heterocycles. The SMILES string of the molecule is CCC(C)CN(CCBr)CC(F)F. The molecule has 0 amide bonds. The first-order valence-corrected chi connectivity index (χ1v) is 5.78. The van der Waals surface area contributed by atoms with E-state index >= 15 is 0 Å². The molecule has 1 atom stereocenters. The molecule has 80 valence electrons. The van der Waals surface area contributed by atoms with E-state index in [9.17, 15) is 8.78 Å². The molecule has 0 aromatic carbocycles. The largest absolute Gasteiger partial charge is 0.297 e. The molecule has 1 unspecified atom stereocenters. The molecule has 0 saturated heterocycles. The van der Waals surface area contributed by atoms with Crippen LogP contribution in [0.2, 0.25) is 0 Å². The van der Waals surface area contributed by atoms with Crippen molar-refractivity contribution in [2.24, 2.45) is 5.92 Å². The number of halogens is 3. The maximum Gasteiger partial charge on any atom is 0.251 e. The number of rotatable bonds is 7. The second-order valence-electron chi connectivity index (χ2n) is 3.35. The van der Waals surface area contributed by atoms with Crippen LogP contribution in [0.15, 0.2) is 0 Å². The Bertz CT molecular complexity index is 122. The number of alkyl halides is 3. The van der Waals surface area contributed by atoms with Crippen molar-refractivity contribution in [1.29, 1.82) is 0 Å². The van der Waals surface area contributed by atoms with Gasteiger partial charge in [-0.15, -0.1) is 0 Å². The van der Waals surface area contributed by atoms with Gasteiger partial charge in [0.1, 0.15) is 0 Å². The summed E-state index contributed by atoms with van der Waals surface area (Å²) in [5, 5.41) is 0.760. The van der Waals surface area contributed by atoms with Crippen LogP contribution in [0.3, 0.4) is 0 Å². The molecule has 0 fully saturated rings. The van der Waals surface area contributed by atoms with Gasteiger partial charge in [0.2, 0.25) is 0 Å². The van der Waals surface area contributed by atoms with Gasteiger partial charge in [0.25, 0.3) is 6.43 Å². The molecule has 0 aliphatic rings. The Hall–Kier alpha value is 0.300. The van der Waals surface area contributed by atoms with Gasteiger partial charge in [-0.2, -0.15) is 0 Å². The third-order valence-electron chi connectivity index (χ3n) is 2.06. The molecule has 13 heavy (non-hydrogen) atoms. The Morgan fingerprint density at radius 3 is 2.31 bits per heavy atom. The van der Waals surface area contributed by atoms with E-state index in [1.165, 1.54) is 0 Å². The summed E-state index contributed by atoms with van der Waals surface area (Å²) in [6.07, 6.45) is -1.18. The van der Waals surface area contributed by atoms with Crippen molar-refractivity contribution in [2.75, 3.05) is 25.0 Å². The lowest BCUT2D eigenvalue weighted by Gasteiger charge is -2.23. The van der Waals surface area contributed by atoms with Gasteiger partial charge in [0.05, 0.1) is 6.54 Å². The van der Waals surface area contributed by atoms with Crippen LogP contribution in [0.1, 0.15) is 20.3 Å². The standard InChI is InChI=1S/C9H18BrF2N/c1-3-8(2)6-13(5-4-10)7-9(11)12/h8-9H,3-7H2,1-2H3. The maximum absolute atomic E-state index is 12.1. The van der Waals surface area contributed by atoms with Crippen molar-refractivity contribution < 1.29 is 8.78 Å². The zero-order chi connectivity index (χ0) is 10.3. The fourth-order valence-corrected chi connectivity index (χ4v) is 1.64. The van der Waals surface area contributed by atoms with Crippen molar-refractivity contribution in [3.63, 3.8) is 0 Å². The summed E-state index contributed by atoms with van der Waals surface area (Å²) in [5.41, 5.74) is 0. The summed E-state index contributed by atoms with van der Waals surface area (Å²) >= 11 is 3.27. The topological polar surface area (TPSA) is 3.24 Å². The first kappa shape index (κ1) is 13.3. The lowest BCUT2D eigenvalue weighted by molar-refractivity contribution is 0.0844. The Balaban J connectivity index is 3.78. The van der Waals surface area contributed by atoms with Crippen LogP contribution in [0.5, 0.6) is 0 Å². The van der Waals surface area contributed by atoms with E-state index in [1.54, 1.807) is 0 Å². The van der Waals surface area contributed by atoms with Crippen LogP contribution in [0.25, 0.3) is 0 Å². The average molecular weight is 258 g/mol. The molecule has 0 rings (SSSR count). The van der Waals surface area contributed by atoms with Crippen molar-refractivity contribution in [3.05, 3.63) is 0 Å². The first-order chi connectivity index (χ1) is 6.10. The molecule has 0 aliphatic carbocycles. The Labute approximate surface area is 87.6 Å². The Kier molecular flexibility index (Phi) is 7.86. The normalized spacial score (nSPS) is 14.1. The highest BCUT2D eigenvalue weighted by Gasteiger charge is 2.13. The number of nitrogens with zero attached hydrogens (tertiary/aromatic N) is 1. The van der Waals surface area contributed by atoms with Gasteiger partial charge in [-0.05, 0) is 5.92 Å². The summed E-state index contributed by atoms with van der Waals surface area (Å²) in [5.74, 6) is 0.498. The summed E-state index contributed by atoms with van der Waals surface area (Å²) in [7, 11) is 0. The predicted octanol–water partition coefficient (Wildman–Crippen LogP) is 2.99. The molecule has 1 nitrogen and oxygen atoms in total. The van der Waals surface area contributed by atoms with Crippen LogP contribution in [0.4, 0.5) is 8.78 Å². The van der Waals surface area contributed by atoms with E-state index in [0.29, 0.717) is 12.5 Å².